The number of hydrogen-bond acceptors (Lipinski definition) is 5. The summed E-state index contributed by atoms with van der Waals surface area (Å²) in [7, 11) is 0. The van der Waals surface area contributed by atoms with E-state index in [0.717, 1.165) is 43.6 Å². The molecule has 3 aliphatic carbocycles. The molecule has 0 spiro atoms. The molecule has 0 aliphatic heterocycles. The van der Waals surface area contributed by atoms with Gasteiger partial charge in [0.2, 0.25) is 0 Å². The van der Waals surface area contributed by atoms with E-state index in [1.54, 1.807) is 6.07 Å². The smallest absolute Gasteiger partial charge is 0.306 e. The van der Waals surface area contributed by atoms with Crippen LogP contribution in [-0.4, -0.2) is 49.0 Å². The van der Waals surface area contributed by atoms with Crippen LogP contribution < -0.4 is 10.6 Å². The molecule has 0 aromatic carbocycles. The Morgan fingerprint density at radius 1 is 1.05 bits per heavy atom. The van der Waals surface area contributed by atoms with E-state index < -0.39 is 17.4 Å². The molecule has 0 saturated heterocycles. The fourth-order valence-electron chi connectivity index (χ4n) is 5.93. The number of hydrogen-bond donors (Lipinski definition) is 3. The number of rotatable bonds is 8. The van der Waals surface area contributed by atoms with Crippen LogP contribution >= 0.6 is 0 Å². The summed E-state index contributed by atoms with van der Waals surface area (Å²) >= 11 is 0. The lowest BCUT2D eigenvalue weighted by Crippen LogP contribution is -2.46. The molecule has 2 heterocycles. The van der Waals surface area contributed by atoms with Crippen molar-refractivity contribution in [1.29, 1.82) is 0 Å². The molecule has 0 atom stereocenters. The summed E-state index contributed by atoms with van der Waals surface area (Å²) in [5.41, 5.74) is 2.71. The van der Waals surface area contributed by atoms with E-state index >= 15 is 0 Å². The van der Waals surface area contributed by atoms with Crippen molar-refractivity contribution in [3.63, 3.8) is 0 Å². The van der Waals surface area contributed by atoms with Crippen molar-refractivity contribution in [3.05, 3.63) is 34.9 Å². The summed E-state index contributed by atoms with van der Waals surface area (Å²) in [6, 6.07) is 3.52. The molecule has 9 nitrogen and oxygen atoms in total. The van der Waals surface area contributed by atoms with Gasteiger partial charge in [0.05, 0.1) is 22.9 Å². The standard InChI is InChI=1S/C31H43N5O4/c1-18-22(26(37)32-21-13-20(14-21)28(39)40)15-25(36(18)17-19-9-7-6-8-10-19)23-16-24(27(38)35-30(2,3)4)34-29(33-23)31(5)11-12-31/h15-16,19-21H,6-14,17H2,1-5H3,(H,32,37)(H,35,38)(H,39,40)/t20-,21-. The zero-order valence-electron chi connectivity index (χ0n) is 24.5. The maximum absolute atomic E-state index is 13.4. The second-order valence-corrected chi connectivity index (χ2v) is 13.5. The molecule has 3 saturated carbocycles. The fourth-order valence-corrected chi connectivity index (χ4v) is 5.93. The lowest BCUT2D eigenvalue weighted by molar-refractivity contribution is -0.145. The van der Waals surface area contributed by atoms with Crippen LogP contribution in [0.4, 0.5) is 0 Å². The van der Waals surface area contributed by atoms with Crippen LogP contribution in [0, 0.1) is 18.8 Å². The van der Waals surface area contributed by atoms with Crippen LogP contribution in [0.25, 0.3) is 11.4 Å². The molecule has 2 aromatic heterocycles. The molecule has 2 aromatic rings. The van der Waals surface area contributed by atoms with Crippen molar-refractivity contribution < 1.29 is 19.5 Å². The highest BCUT2D eigenvalue weighted by Crippen LogP contribution is 2.46. The summed E-state index contributed by atoms with van der Waals surface area (Å²) < 4.78 is 2.21. The normalized spacial score (nSPS) is 22.3. The summed E-state index contributed by atoms with van der Waals surface area (Å²) in [6.45, 7) is 10.7. The third kappa shape index (κ3) is 6.08. The minimum atomic E-state index is -0.808. The largest absolute Gasteiger partial charge is 0.481 e. The van der Waals surface area contributed by atoms with Gasteiger partial charge in [-0.1, -0.05) is 26.2 Å². The third-order valence-corrected chi connectivity index (χ3v) is 8.85. The Kier molecular flexibility index (Phi) is 7.52. The van der Waals surface area contributed by atoms with Crippen LogP contribution in [-0.2, 0) is 16.8 Å². The lowest BCUT2D eigenvalue weighted by Gasteiger charge is -2.32. The van der Waals surface area contributed by atoms with Crippen molar-refractivity contribution in [2.45, 2.75) is 116 Å². The topological polar surface area (TPSA) is 126 Å². The minimum Gasteiger partial charge on any atom is -0.481 e. The van der Waals surface area contributed by atoms with Gasteiger partial charge in [-0.05, 0) is 84.3 Å². The van der Waals surface area contributed by atoms with Crippen molar-refractivity contribution in [1.82, 2.24) is 25.2 Å². The highest BCUT2D eigenvalue weighted by molar-refractivity contribution is 5.98. The number of nitrogens with one attached hydrogen (secondary N) is 2. The van der Waals surface area contributed by atoms with E-state index in [0.29, 0.717) is 41.5 Å². The Bertz CT molecular complexity index is 1310. The van der Waals surface area contributed by atoms with E-state index in [-0.39, 0.29) is 23.3 Å². The quantitative estimate of drug-likeness (QED) is 0.425. The first-order valence-electron chi connectivity index (χ1n) is 14.8. The van der Waals surface area contributed by atoms with E-state index in [1.807, 2.05) is 33.8 Å². The molecule has 9 heteroatoms. The number of carboxylic acid groups (broad SMARTS) is 1. The highest BCUT2D eigenvalue weighted by Gasteiger charge is 2.43. The van der Waals surface area contributed by atoms with E-state index in [4.69, 9.17) is 9.97 Å². The molecular formula is C31H43N5O4. The molecule has 216 valence electrons. The van der Waals surface area contributed by atoms with Crippen molar-refractivity contribution in [2.75, 3.05) is 0 Å². The van der Waals surface area contributed by atoms with Gasteiger partial charge in [-0.2, -0.15) is 0 Å². The molecule has 3 aliphatic rings. The number of nitrogens with zero attached hydrogens (tertiary/aromatic N) is 3. The summed E-state index contributed by atoms with van der Waals surface area (Å²) in [6.07, 6.45) is 8.87. The van der Waals surface area contributed by atoms with Crippen molar-refractivity contribution in [2.24, 2.45) is 11.8 Å². The van der Waals surface area contributed by atoms with Gasteiger partial charge >= 0.3 is 5.97 Å². The van der Waals surface area contributed by atoms with E-state index in [1.165, 1.54) is 19.3 Å². The molecular weight excluding hydrogens is 506 g/mol. The fraction of sp³-hybridized carbons (Fsp3) is 0.645. The van der Waals surface area contributed by atoms with Crippen molar-refractivity contribution in [3.8, 4) is 11.4 Å². The molecule has 0 unspecified atom stereocenters. The monoisotopic (exact) mass is 549 g/mol. The van der Waals surface area contributed by atoms with Crippen molar-refractivity contribution >= 4 is 17.8 Å². The predicted molar refractivity (Wildman–Crippen MR) is 152 cm³/mol. The van der Waals surface area contributed by atoms with Gasteiger partial charge in [-0.15, -0.1) is 0 Å². The number of carbonyl (C=O) groups excluding carboxylic acids is 2. The van der Waals surface area contributed by atoms with Gasteiger partial charge in [0.25, 0.3) is 11.8 Å². The van der Waals surface area contributed by atoms with Gasteiger partial charge in [0.1, 0.15) is 11.5 Å². The summed E-state index contributed by atoms with van der Waals surface area (Å²) in [5.74, 6) is -0.434. The zero-order valence-corrected chi connectivity index (χ0v) is 24.5. The summed E-state index contributed by atoms with van der Waals surface area (Å²) in [4.78, 5) is 47.6. The maximum atomic E-state index is 13.4. The van der Waals surface area contributed by atoms with Gasteiger partial charge in [-0.3, -0.25) is 14.4 Å². The Morgan fingerprint density at radius 2 is 1.73 bits per heavy atom. The van der Waals surface area contributed by atoms with Crippen LogP contribution in [0.2, 0.25) is 0 Å². The summed E-state index contributed by atoms with van der Waals surface area (Å²) in [5, 5.41) is 15.3. The number of carboxylic acids is 1. The Labute approximate surface area is 236 Å². The Balaban J connectivity index is 1.52. The van der Waals surface area contributed by atoms with Crippen LogP contribution in [0.3, 0.4) is 0 Å². The molecule has 2 amide bonds. The number of amides is 2. The first-order valence-corrected chi connectivity index (χ1v) is 14.8. The predicted octanol–water partition coefficient (Wildman–Crippen LogP) is 5.01. The molecule has 0 radical (unpaired) electrons. The van der Waals surface area contributed by atoms with E-state index in [2.05, 4.69) is 22.1 Å². The van der Waals surface area contributed by atoms with Gasteiger partial charge < -0.3 is 20.3 Å². The lowest BCUT2D eigenvalue weighted by atomic mass is 9.80. The van der Waals surface area contributed by atoms with Crippen LogP contribution in [0.1, 0.15) is 118 Å². The zero-order chi connectivity index (χ0) is 28.8. The Hall–Kier alpha value is -3.23. The molecule has 5 rings (SSSR count). The van der Waals surface area contributed by atoms with Gasteiger partial charge in [0.15, 0.2) is 0 Å². The van der Waals surface area contributed by atoms with Crippen LogP contribution in [0.15, 0.2) is 12.1 Å². The minimum absolute atomic E-state index is 0.133. The average Bonchev–Trinajstić information content (AvgIpc) is 3.54. The first kappa shape index (κ1) is 28.3. The van der Waals surface area contributed by atoms with E-state index in [9.17, 15) is 19.5 Å². The number of carbonyl (C=O) groups is 3. The number of aliphatic carboxylic acids is 1. The first-order chi connectivity index (χ1) is 18.8. The SMILES string of the molecule is Cc1c(C(=O)N[C@H]2C[C@H](C(=O)O)C2)cc(-c2cc(C(=O)NC(C)(C)C)nc(C3(C)CC3)n2)n1CC1CCCCC1. The average molecular weight is 550 g/mol. The second kappa shape index (κ2) is 10.6. The number of aromatic nitrogens is 3. The Morgan fingerprint density at radius 3 is 2.33 bits per heavy atom. The molecule has 3 fully saturated rings. The second-order valence-electron chi connectivity index (χ2n) is 13.5. The van der Waals surface area contributed by atoms with Crippen LogP contribution in [0.5, 0.6) is 0 Å². The van der Waals surface area contributed by atoms with Gasteiger partial charge in [0, 0.05) is 29.2 Å². The molecule has 3 N–H and O–H groups in total. The molecule has 40 heavy (non-hydrogen) atoms. The maximum Gasteiger partial charge on any atom is 0.306 e. The van der Waals surface area contributed by atoms with Gasteiger partial charge in [-0.25, -0.2) is 9.97 Å². The molecule has 0 bridgehead atoms. The highest BCUT2D eigenvalue weighted by atomic mass is 16.4. The third-order valence-electron chi connectivity index (χ3n) is 8.85.